The Bertz CT molecular complexity index is 314. The Labute approximate surface area is 65.5 Å². The molecular weight excluding hydrogens is 140 g/mol. The lowest BCUT2D eigenvalue weighted by Crippen LogP contribution is -2.21. The van der Waals surface area contributed by atoms with Gasteiger partial charge in [0.25, 0.3) is 5.56 Å². The SMILES string of the molecule is CCn1cc(N)cc(C)c1=O. The van der Waals surface area contributed by atoms with Gasteiger partial charge in [-0.1, -0.05) is 0 Å². The van der Waals surface area contributed by atoms with Crippen molar-refractivity contribution in [2.24, 2.45) is 0 Å². The van der Waals surface area contributed by atoms with E-state index < -0.39 is 0 Å². The lowest BCUT2D eigenvalue weighted by atomic mass is 10.3. The van der Waals surface area contributed by atoms with E-state index in [9.17, 15) is 4.79 Å². The fourth-order valence-corrected chi connectivity index (χ4v) is 1.05. The first kappa shape index (κ1) is 7.85. The largest absolute Gasteiger partial charge is 0.398 e. The Morgan fingerprint density at radius 1 is 1.64 bits per heavy atom. The molecule has 1 rings (SSSR count). The summed E-state index contributed by atoms with van der Waals surface area (Å²) in [5, 5.41) is 0. The van der Waals surface area contributed by atoms with Crippen LogP contribution in [0.25, 0.3) is 0 Å². The lowest BCUT2D eigenvalue weighted by molar-refractivity contribution is 0.723. The number of aromatic nitrogens is 1. The Morgan fingerprint density at radius 3 is 2.82 bits per heavy atom. The number of aryl methyl sites for hydroxylation is 2. The number of rotatable bonds is 1. The van der Waals surface area contributed by atoms with E-state index in [2.05, 4.69) is 0 Å². The van der Waals surface area contributed by atoms with Gasteiger partial charge in [0.05, 0.1) is 0 Å². The molecule has 1 aromatic heterocycles. The normalized spacial score (nSPS) is 10.0. The summed E-state index contributed by atoms with van der Waals surface area (Å²) in [7, 11) is 0. The molecule has 0 aliphatic heterocycles. The highest BCUT2D eigenvalue weighted by Gasteiger charge is 1.97. The van der Waals surface area contributed by atoms with E-state index in [4.69, 9.17) is 5.73 Å². The third kappa shape index (κ3) is 1.42. The Hall–Kier alpha value is -1.25. The topological polar surface area (TPSA) is 48.0 Å². The van der Waals surface area contributed by atoms with E-state index in [1.54, 1.807) is 23.8 Å². The summed E-state index contributed by atoms with van der Waals surface area (Å²) in [6, 6.07) is 1.69. The van der Waals surface area contributed by atoms with Gasteiger partial charge >= 0.3 is 0 Å². The van der Waals surface area contributed by atoms with E-state index in [-0.39, 0.29) is 5.56 Å². The smallest absolute Gasteiger partial charge is 0.253 e. The molecule has 0 saturated carbocycles. The van der Waals surface area contributed by atoms with Crippen LogP contribution in [0.5, 0.6) is 0 Å². The number of hydrogen-bond acceptors (Lipinski definition) is 2. The summed E-state index contributed by atoms with van der Waals surface area (Å²) in [4.78, 5) is 11.3. The van der Waals surface area contributed by atoms with Crippen molar-refractivity contribution in [1.29, 1.82) is 0 Å². The van der Waals surface area contributed by atoms with Crippen molar-refractivity contribution in [3.63, 3.8) is 0 Å². The standard InChI is InChI=1S/C8H12N2O/c1-3-10-5-7(9)4-6(2)8(10)11/h4-5H,3,9H2,1-2H3. The van der Waals surface area contributed by atoms with Crippen molar-refractivity contribution in [2.75, 3.05) is 5.73 Å². The van der Waals surface area contributed by atoms with Gasteiger partial charge in [-0.3, -0.25) is 4.79 Å². The van der Waals surface area contributed by atoms with Gasteiger partial charge in [0.1, 0.15) is 0 Å². The van der Waals surface area contributed by atoms with Crippen LogP contribution in [0, 0.1) is 6.92 Å². The highest BCUT2D eigenvalue weighted by Crippen LogP contribution is 1.99. The van der Waals surface area contributed by atoms with Crippen LogP contribution >= 0.6 is 0 Å². The molecule has 0 bridgehead atoms. The number of pyridine rings is 1. The zero-order valence-electron chi connectivity index (χ0n) is 6.79. The summed E-state index contributed by atoms with van der Waals surface area (Å²) in [6.45, 7) is 4.36. The number of nitrogens with two attached hydrogens (primary N) is 1. The molecule has 0 amide bonds. The van der Waals surface area contributed by atoms with E-state index in [0.29, 0.717) is 17.8 Å². The van der Waals surface area contributed by atoms with Gasteiger partial charge in [0.15, 0.2) is 0 Å². The number of anilines is 1. The highest BCUT2D eigenvalue weighted by molar-refractivity contribution is 5.37. The highest BCUT2D eigenvalue weighted by atomic mass is 16.1. The van der Waals surface area contributed by atoms with Crippen LogP contribution in [0.1, 0.15) is 12.5 Å². The van der Waals surface area contributed by atoms with Crippen LogP contribution < -0.4 is 11.3 Å². The lowest BCUT2D eigenvalue weighted by Gasteiger charge is -2.03. The molecule has 3 heteroatoms. The van der Waals surface area contributed by atoms with Gasteiger partial charge < -0.3 is 10.3 Å². The van der Waals surface area contributed by atoms with Gasteiger partial charge in [-0.2, -0.15) is 0 Å². The molecule has 60 valence electrons. The summed E-state index contributed by atoms with van der Waals surface area (Å²) in [5.41, 5.74) is 6.93. The van der Waals surface area contributed by atoms with Crippen LogP contribution in [0.2, 0.25) is 0 Å². The Balaban J connectivity index is 3.37. The summed E-state index contributed by atoms with van der Waals surface area (Å²) >= 11 is 0. The van der Waals surface area contributed by atoms with Crippen LogP contribution in [-0.2, 0) is 6.54 Å². The average Bonchev–Trinajstić information content (AvgIpc) is 1.96. The number of nitrogen functional groups attached to an aromatic ring is 1. The molecule has 1 heterocycles. The van der Waals surface area contributed by atoms with Gasteiger partial charge in [0, 0.05) is 24.0 Å². The van der Waals surface area contributed by atoms with E-state index in [1.807, 2.05) is 6.92 Å². The Morgan fingerprint density at radius 2 is 2.27 bits per heavy atom. The monoisotopic (exact) mass is 152 g/mol. The van der Waals surface area contributed by atoms with Crippen molar-refractivity contribution >= 4 is 5.69 Å². The first-order valence-electron chi connectivity index (χ1n) is 3.61. The van der Waals surface area contributed by atoms with Crippen LogP contribution in [0.3, 0.4) is 0 Å². The minimum absolute atomic E-state index is 0.0432. The number of hydrogen-bond donors (Lipinski definition) is 1. The molecule has 0 unspecified atom stereocenters. The second-order valence-corrected chi connectivity index (χ2v) is 2.55. The first-order valence-corrected chi connectivity index (χ1v) is 3.61. The molecule has 0 fully saturated rings. The fraction of sp³-hybridized carbons (Fsp3) is 0.375. The van der Waals surface area contributed by atoms with Crippen molar-refractivity contribution in [3.8, 4) is 0 Å². The second-order valence-electron chi connectivity index (χ2n) is 2.55. The second kappa shape index (κ2) is 2.78. The van der Waals surface area contributed by atoms with Crippen molar-refractivity contribution < 1.29 is 0 Å². The molecule has 1 aromatic rings. The fourth-order valence-electron chi connectivity index (χ4n) is 1.05. The molecule has 0 aromatic carbocycles. The summed E-state index contributed by atoms with van der Waals surface area (Å²) in [5.74, 6) is 0. The zero-order chi connectivity index (χ0) is 8.43. The third-order valence-corrected chi connectivity index (χ3v) is 1.63. The molecule has 0 radical (unpaired) electrons. The molecule has 2 N–H and O–H groups in total. The van der Waals surface area contributed by atoms with Crippen LogP contribution in [0.15, 0.2) is 17.1 Å². The van der Waals surface area contributed by atoms with Crippen molar-refractivity contribution in [1.82, 2.24) is 4.57 Å². The Kier molecular flexibility index (Phi) is 1.98. The molecule has 0 aliphatic rings. The average molecular weight is 152 g/mol. The van der Waals surface area contributed by atoms with Gasteiger partial charge in [-0.15, -0.1) is 0 Å². The number of nitrogens with zero attached hydrogens (tertiary/aromatic N) is 1. The third-order valence-electron chi connectivity index (χ3n) is 1.63. The minimum Gasteiger partial charge on any atom is -0.398 e. The van der Waals surface area contributed by atoms with Crippen LogP contribution in [0.4, 0.5) is 5.69 Å². The maximum absolute atomic E-state index is 11.3. The maximum atomic E-state index is 11.3. The minimum atomic E-state index is 0.0432. The van der Waals surface area contributed by atoms with Crippen LogP contribution in [-0.4, -0.2) is 4.57 Å². The molecule has 0 saturated heterocycles. The van der Waals surface area contributed by atoms with Gasteiger partial charge in [-0.25, -0.2) is 0 Å². The molecule has 11 heavy (non-hydrogen) atoms. The molecule has 3 nitrogen and oxygen atoms in total. The summed E-state index contributed by atoms with van der Waals surface area (Å²) < 4.78 is 1.60. The molecular formula is C8H12N2O. The zero-order valence-corrected chi connectivity index (χ0v) is 6.79. The van der Waals surface area contributed by atoms with Crippen molar-refractivity contribution in [3.05, 3.63) is 28.2 Å². The molecule has 0 atom stereocenters. The maximum Gasteiger partial charge on any atom is 0.253 e. The predicted octanol–water partition coefficient (Wildman–Crippen LogP) is 0.759. The predicted molar refractivity (Wildman–Crippen MR) is 45.5 cm³/mol. The quantitative estimate of drug-likeness (QED) is 0.645. The van der Waals surface area contributed by atoms with E-state index in [0.717, 1.165) is 0 Å². The van der Waals surface area contributed by atoms with Gasteiger partial charge in [-0.05, 0) is 19.9 Å². The van der Waals surface area contributed by atoms with Gasteiger partial charge in [0.2, 0.25) is 0 Å². The van der Waals surface area contributed by atoms with Crippen molar-refractivity contribution in [2.45, 2.75) is 20.4 Å². The van der Waals surface area contributed by atoms with E-state index in [1.165, 1.54) is 0 Å². The summed E-state index contributed by atoms with van der Waals surface area (Å²) in [6.07, 6.45) is 1.66. The van der Waals surface area contributed by atoms with E-state index >= 15 is 0 Å². The first-order chi connectivity index (χ1) is 5.15. The molecule has 0 spiro atoms. The molecule has 0 aliphatic carbocycles.